The Labute approximate surface area is 121 Å². The summed E-state index contributed by atoms with van der Waals surface area (Å²) in [6.07, 6.45) is 0. The van der Waals surface area contributed by atoms with Crippen molar-refractivity contribution in [1.82, 2.24) is 0 Å². The minimum atomic E-state index is 1.24. The molecular weight excluding hydrogens is 259 g/mol. The van der Waals surface area contributed by atoms with Crippen LogP contribution in [0.3, 0.4) is 0 Å². The maximum absolute atomic E-state index is 2.18. The highest BCUT2D eigenvalue weighted by Gasteiger charge is 2.05. The van der Waals surface area contributed by atoms with E-state index in [2.05, 4.69) is 91.0 Å². The van der Waals surface area contributed by atoms with Gasteiger partial charge in [-0.1, -0.05) is 99.2 Å². The molecule has 0 heterocycles. The Morgan fingerprint density at radius 2 is 0.900 bits per heavy atom. The molecule has 0 aliphatic rings. The van der Waals surface area contributed by atoms with Gasteiger partial charge >= 0.3 is 0 Å². The van der Waals surface area contributed by atoms with E-state index in [4.69, 9.17) is 0 Å². The van der Waals surface area contributed by atoms with E-state index < -0.39 is 0 Å². The first kappa shape index (κ1) is 12.8. The first-order chi connectivity index (χ1) is 9.93. The Hall–Kier alpha value is -2.17. The van der Waals surface area contributed by atoms with E-state index >= 15 is 0 Å². The summed E-state index contributed by atoms with van der Waals surface area (Å²) in [6.45, 7) is 0. The molecule has 0 nitrogen and oxygen atoms in total. The van der Waals surface area contributed by atoms with Crippen LogP contribution in [0.25, 0.3) is 0 Å². The van der Waals surface area contributed by atoms with Crippen molar-refractivity contribution in [2.45, 2.75) is 0 Å². The Bertz CT molecular complexity index is 644. The van der Waals surface area contributed by atoms with Crippen molar-refractivity contribution in [3.05, 3.63) is 102 Å². The monoisotopic (exact) mass is 274 g/mol. The second-order valence-corrected chi connectivity index (χ2v) is 5.72. The molecule has 20 heavy (non-hydrogen) atoms. The van der Waals surface area contributed by atoms with Gasteiger partial charge in [0.2, 0.25) is 0 Å². The molecule has 0 aliphatic heterocycles. The van der Waals surface area contributed by atoms with Crippen molar-refractivity contribution >= 4 is 18.8 Å². The molecule has 0 spiro atoms. The zero-order chi connectivity index (χ0) is 13.6. The standard InChI is InChI=1S/C19H15P/c1-4-10-16(11-5-1)19(17-12-6-2-7-13-17)20-18-14-8-3-9-15-18/h1-15H. The summed E-state index contributed by atoms with van der Waals surface area (Å²) in [5, 5.41) is 2.66. The Morgan fingerprint density at radius 3 is 1.35 bits per heavy atom. The molecule has 0 radical (unpaired) electrons. The number of hydrogen-bond acceptors (Lipinski definition) is 0. The van der Waals surface area contributed by atoms with Gasteiger partial charge in [0, 0.05) is 10.6 Å². The van der Waals surface area contributed by atoms with Gasteiger partial charge in [-0.3, -0.25) is 0 Å². The van der Waals surface area contributed by atoms with Crippen LogP contribution >= 0.6 is 8.20 Å². The van der Waals surface area contributed by atoms with Crippen LogP contribution in [-0.4, -0.2) is 5.29 Å². The van der Waals surface area contributed by atoms with Crippen molar-refractivity contribution in [3.8, 4) is 0 Å². The van der Waals surface area contributed by atoms with Gasteiger partial charge in [0.15, 0.2) is 0 Å². The molecule has 1 heteroatoms. The number of hydrogen-bond donors (Lipinski definition) is 0. The third kappa shape index (κ3) is 3.04. The zero-order valence-corrected chi connectivity index (χ0v) is 12.0. The lowest BCUT2D eigenvalue weighted by molar-refractivity contribution is 1.62. The smallest absolute Gasteiger partial charge is 0.0168 e. The molecule has 0 atom stereocenters. The molecule has 3 aromatic rings. The van der Waals surface area contributed by atoms with E-state index in [-0.39, 0.29) is 0 Å². The van der Waals surface area contributed by atoms with Crippen LogP contribution in [0, 0.1) is 0 Å². The summed E-state index contributed by atoms with van der Waals surface area (Å²) in [5.74, 6) is 0. The summed E-state index contributed by atoms with van der Waals surface area (Å²) in [6, 6.07) is 31.8. The van der Waals surface area contributed by atoms with E-state index in [0.29, 0.717) is 0 Å². The predicted molar refractivity (Wildman–Crippen MR) is 89.1 cm³/mol. The molecule has 0 amide bonds. The molecule has 96 valence electrons. The lowest BCUT2D eigenvalue weighted by Crippen LogP contribution is -2.03. The van der Waals surface area contributed by atoms with Crippen molar-refractivity contribution < 1.29 is 0 Å². The molecule has 0 unspecified atom stereocenters. The number of rotatable bonds is 3. The van der Waals surface area contributed by atoms with Gasteiger partial charge in [-0.2, -0.15) is 0 Å². The van der Waals surface area contributed by atoms with Gasteiger partial charge in [-0.25, -0.2) is 0 Å². The third-order valence-electron chi connectivity index (χ3n) is 3.09. The normalized spacial score (nSPS) is 10.4. The molecule has 0 fully saturated rings. The topological polar surface area (TPSA) is 0 Å². The summed E-state index contributed by atoms with van der Waals surface area (Å²) >= 11 is 0. The highest BCUT2D eigenvalue weighted by molar-refractivity contribution is 7.50. The van der Waals surface area contributed by atoms with Crippen LogP contribution < -0.4 is 5.30 Å². The molecule has 0 N–H and O–H groups in total. The first-order valence-corrected chi connectivity index (χ1v) is 7.57. The molecular formula is C19H15P. The zero-order valence-electron chi connectivity index (χ0n) is 11.1. The summed E-state index contributed by atoms with van der Waals surface area (Å²) < 4.78 is 0. The van der Waals surface area contributed by atoms with Crippen molar-refractivity contribution in [3.63, 3.8) is 0 Å². The van der Waals surface area contributed by atoms with E-state index in [1.165, 1.54) is 29.9 Å². The minimum absolute atomic E-state index is 1.24. The van der Waals surface area contributed by atoms with Crippen molar-refractivity contribution in [2.75, 3.05) is 0 Å². The highest BCUT2D eigenvalue weighted by atomic mass is 31.1. The Kier molecular flexibility index (Phi) is 4.06. The van der Waals surface area contributed by atoms with Crippen molar-refractivity contribution in [2.24, 2.45) is 0 Å². The number of benzene rings is 3. The summed E-state index contributed by atoms with van der Waals surface area (Å²) in [5.41, 5.74) is 2.56. The molecule has 0 aliphatic carbocycles. The van der Waals surface area contributed by atoms with Crippen LogP contribution in [0.15, 0.2) is 91.0 Å². The molecule has 0 aromatic heterocycles. The Morgan fingerprint density at radius 1 is 0.500 bits per heavy atom. The van der Waals surface area contributed by atoms with E-state index in [1.807, 2.05) is 0 Å². The summed E-state index contributed by atoms with van der Waals surface area (Å²) in [4.78, 5) is 0. The second kappa shape index (κ2) is 6.32. The lowest BCUT2D eigenvalue weighted by Gasteiger charge is -2.08. The maximum Gasteiger partial charge on any atom is 0.0168 e. The molecule has 3 rings (SSSR count). The van der Waals surface area contributed by atoms with Gasteiger partial charge in [0.1, 0.15) is 0 Å². The summed E-state index contributed by atoms with van der Waals surface area (Å²) in [7, 11) is 1.24. The van der Waals surface area contributed by atoms with Gasteiger partial charge in [-0.05, 0) is 11.1 Å². The van der Waals surface area contributed by atoms with E-state index in [1.54, 1.807) is 0 Å². The molecule has 0 saturated heterocycles. The highest BCUT2D eigenvalue weighted by Crippen LogP contribution is 2.17. The van der Waals surface area contributed by atoms with Crippen LogP contribution in [-0.2, 0) is 0 Å². The molecule has 3 aromatic carbocycles. The maximum atomic E-state index is 2.18. The van der Waals surface area contributed by atoms with Crippen LogP contribution in [0.2, 0.25) is 0 Å². The second-order valence-electron chi connectivity index (χ2n) is 4.53. The van der Waals surface area contributed by atoms with Crippen LogP contribution in [0.1, 0.15) is 11.1 Å². The largest absolute Gasteiger partial charge is 0.0622 e. The van der Waals surface area contributed by atoms with E-state index in [9.17, 15) is 0 Å². The van der Waals surface area contributed by atoms with Gasteiger partial charge in [0.05, 0.1) is 0 Å². The molecule has 0 bridgehead atoms. The fraction of sp³-hybridized carbons (Fsp3) is 0. The van der Waals surface area contributed by atoms with Gasteiger partial charge in [-0.15, -0.1) is 0 Å². The van der Waals surface area contributed by atoms with Gasteiger partial charge < -0.3 is 0 Å². The lowest BCUT2D eigenvalue weighted by atomic mass is 10.1. The first-order valence-electron chi connectivity index (χ1n) is 6.68. The minimum Gasteiger partial charge on any atom is -0.0622 e. The Balaban J connectivity index is 2.12. The van der Waals surface area contributed by atoms with Crippen molar-refractivity contribution in [1.29, 1.82) is 0 Å². The predicted octanol–water partition coefficient (Wildman–Crippen LogP) is 4.53. The SMILES string of the molecule is c1ccc(P=C(c2ccccc2)c2ccccc2)cc1. The van der Waals surface area contributed by atoms with E-state index in [0.717, 1.165) is 0 Å². The third-order valence-corrected chi connectivity index (χ3v) is 4.39. The van der Waals surface area contributed by atoms with Crippen LogP contribution in [0.4, 0.5) is 0 Å². The van der Waals surface area contributed by atoms with Gasteiger partial charge in [0.25, 0.3) is 0 Å². The fourth-order valence-corrected chi connectivity index (χ4v) is 3.26. The van der Waals surface area contributed by atoms with Crippen LogP contribution in [0.5, 0.6) is 0 Å². The fourth-order valence-electron chi connectivity index (χ4n) is 2.12. The quantitative estimate of drug-likeness (QED) is 0.616. The average Bonchev–Trinajstić information content (AvgIpc) is 2.55. The molecule has 0 saturated carbocycles. The average molecular weight is 274 g/mol.